The molecule has 3 aromatic rings. The van der Waals surface area contributed by atoms with Crippen molar-refractivity contribution in [2.24, 2.45) is 0 Å². The summed E-state index contributed by atoms with van der Waals surface area (Å²) in [6, 6.07) is 23.8. The van der Waals surface area contributed by atoms with Crippen molar-refractivity contribution in [2.45, 2.75) is 26.2 Å². The molecule has 7 nitrogen and oxygen atoms in total. The number of hydrogen-bond acceptors (Lipinski definition) is 5. The molecule has 1 atom stereocenters. The van der Waals surface area contributed by atoms with Gasteiger partial charge in [0.15, 0.2) is 6.61 Å². The highest BCUT2D eigenvalue weighted by Crippen LogP contribution is 2.21. The van der Waals surface area contributed by atoms with Gasteiger partial charge in [-0.3, -0.25) is 20.4 Å². The van der Waals surface area contributed by atoms with E-state index in [-0.39, 0.29) is 13.2 Å². The summed E-state index contributed by atoms with van der Waals surface area (Å²) in [5, 5.41) is 0. The molecule has 34 heavy (non-hydrogen) atoms. The monoisotopic (exact) mass is 462 g/mol. The third-order valence-corrected chi connectivity index (χ3v) is 5.23. The van der Waals surface area contributed by atoms with Crippen molar-refractivity contribution < 1.29 is 23.8 Å². The second-order valence-corrected chi connectivity index (χ2v) is 7.68. The van der Waals surface area contributed by atoms with Crippen LogP contribution in [0.25, 0.3) is 0 Å². The molecule has 0 fully saturated rings. The fourth-order valence-electron chi connectivity index (χ4n) is 3.12. The van der Waals surface area contributed by atoms with Gasteiger partial charge in [0.05, 0.1) is 5.56 Å². The normalized spacial score (nSPS) is 11.2. The molecule has 0 aliphatic rings. The van der Waals surface area contributed by atoms with Crippen molar-refractivity contribution in [3.63, 3.8) is 0 Å². The van der Waals surface area contributed by atoms with E-state index < -0.39 is 11.8 Å². The highest BCUT2D eigenvalue weighted by atomic mass is 16.5. The molecular formula is C27H30N2O5. The molecule has 2 amide bonds. The number of carbonyl (C=O) groups is 2. The van der Waals surface area contributed by atoms with Crippen molar-refractivity contribution in [1.82, 2.24) is 10.9 Å². The van der Waals surface area contributed by atoms with Crippen molar-refractivity contribution in [2.75, 3.05) is 19.8 Å². The predicted molar refractivity (Wildman–Crippen MR) is 130 cm³/mol. The molecule has 0 heterocycles. The molecule has 0 aliphatic carbocycles. The summed E-state index contributed by atoms with van der Waals surface area (Å²) >= 11 is 0. The Bertz CT molecular complexity index is 1050. The van der Waals surface area contributed by atoms with Gasteiger partial charge >= 0.3 is 0 Å². The van der Waals surface area contributed by atoms with Crippen LogP contribution in [0.1, 0.15) is 42.1 Å². The SMILES string of the molecule is CCC(C)c1ccc(OCC(=O)NNC(=O)c2ccccc2OCCOc2ccccc2)cc1. The lowest BCUT2D eigenvalue weighted by Gasteiger charge is -2.13. The van der Waals surface area contributed by atoms with Crippen LogP contribution in [0.3, 0.4) is 0 Å². The quantitative estimate of drug-likeness (QED) is 0.324. The number of carbonyl (C=O) groups excluding carboxylic acids is 2. The largest absolute Gasteiger partial charge is 0.490 e. The Kier molecular flexibility index (Phi) is 9.34. The first-order valence-corrected chi connectivity index (χ1v) is 11.3. The Balaban J connectivity index is 1.43. The minimum absolute atomic E-state index is 0.224. The minimum Gasteiger partial charge on any atom is -0.490 e. The van der Waals surface area contributed by atoms with Crippen LogP contribution in [-0.4, -0.2) is 31.6 Å². The number of amides is 2. The lowest BCUT2D eigenvalue weighted by molar-refractivity contribution is -0.123. The van der Waals surface area contributed by atoms with Crippen molar-refractivity contribution in [3.8, 4) is 17.2 Å². The van der Waals surface area contributed by atoms with E-state index in [1.807, 2.05) is 54.6 Å². The fourth-order valence-corrected chi connectivity index (χ4v) is 3.12. The van der Waals surface area contributed by atoms with Gasteiger partial charge in [-0.05, 0) is 54.3 Å². The van der Waals surface area contributed by atoms with Crippen molar-refractivity contribution in [1.29, 1.82) is 0 Å². The van der Waals surface area contributed by atoms with E-state index in [1.54, 1.807) is 24.3 Å². The maximum absolute atomic E-state index is 12.6. The molecule has 0 aromatic heterocycles. The van der Waals surface area contributed by atoms with Crippen LogP contribution in [0, 0.1) is 0 Å². The van der Waals surface area contributed by atoms with Crippen LogP contribution in [0.15, 0.2) is 78.9 Å². The van der Waals surface area contributed by atoms with Crippen molar-refractivity contribution >= 4 is 11.8 Å². The summed E-state index contributed by atoms with van der Waals surface area (Å²) < 4.78 is 16.8. The van der Waals surface area contributed by atoms with Crippen LogP contribution in [0.2, 0.25) is 0 Å². The molecular weight excluding hydrogens is 432 g/mol. The van der Waals surface area contributed by atoms with Gasteiger partial charge in [0.2, 0.25) is 0 Å². The molecule has 0 radical (unpaired) electrons. The Morgan fingerprint density at radius 2 is 1.41 bits per heavy atom. The lowest BCUT2D eigenvalue weighted by atomic mass is 9.99. The second kappa shape index (κ2) is 12.9. The van der Waals surface area contributed by atoms with Gasteiger partial charge in [-0.2, -0.15) is 0 Å². The van der Waals surface area contributed by atoms with Gasteiger partial charge in [0.1, 0.15) is 30.5 Å². The van der Waals surface area contributed by atoms with Crippen LogP contribution in [0.5, 0.6) is 17.2 Å². The summed E-state index contributed by atoms with van der Waals surface area (Å²) in [7, 11) is 0. The minimum atomic E-state index is -0.495. The first-order chi connectivity index (χ1) is 16.6. The maximum Gasteiger partial charge on any atom is 0.276 e. The second-order valence-electron chi connectivity index (χ2n) is 7.68. The summed E-state index contributed by atoms with van der Waals surface area (Å²) in [4.78, 5) is 24.7. The zero-order valence-corrected chi connectivity index (χ0v) is 19.5. The number of hydrogen-bond donors (Lipinski definition) is 2. The van der Waals surface area contributed by atoms with E-state index in [9.17, 15) is 9.59 Å². The van der Waals surface area contributed by atoms with Gasteiger partial charge in [0, 0.05) is 0 Å². The third kappa shape index (κ3) is 7.55. The van der Waals surface area contributed by atoms with E-state index in [0.717, 1.165) is 12.2 Å². The highest BCUT2D eigenvalue weighted by molar-refractivity contribution is 5.97. The standard InChI is InChI=1S/C27H30N2O5/c1-3-20(2)21-13-15-23(16-14-21)34-19-26(30)28-29-27(31)24-11-7-8-12-25(24)33-18-17-32-22-9-5-4-6-10-22/h4-16,20H,3,17-19H2,1-2H3,(H,28,30)(H,29,31). The summed E-state index contributed by atoms with van der Waals surface area (Å²) in [5.74, 6) is 1.22. The Morgan fingerprint density at radius 3 is 2.15 bits per heavy atom. The van der Waals surface area contributed by atoms with E-state index in [1.165, 1.54) is 5.56 Å². The number of hydrazine groups is 1. The maximum atomic E-state index is 12.6. The van der Waals surface area contributed by atoms with Crippen molar-refractivity contribution in [3.05, 3.63) is 90.0 Å². The number of ether oxygens (including phenoxy) is 3. The molecule has 0 saturated heterocycles. The Hall–Kier alpha value is -4.00. The van der Waals surface area contributed by atoms with Gasteiger partial charge in [-0.1, -0.05) is 56.3 Å². The first kappa shape index (κ1) is 24.6. The van der Waals surface area contributed by atoms with Gasteiger partial charge in [-0.25, -0.2) is 0 Å². The van der Waals surface area contributed by atoms with E-state index in [4.69, 9.17) is 14.2 Å². The topological polar surface area (TPSA) is 85.9 Å². The van der Waals surface area contributed by atoms with Crippen LogP contribution < -0.4 is 25.1 Å². The van der Waals surface area contributed by atoms with E-state index in [0.29, 0.717) is 29.6 Å². The average Bonchev–Trinajstić information content (AvgIpc) is 2.89. The van der Waals surface area contributed by atoms with Gasteiger partial charge < -0.3 is 14.2 Å². The average molecular weight is 463 g/mol. The van der Waals surface area contributed by atoms with Crippen LogP contribution in [0.4, 0.5) is 0 Å². The highest BCUT2D eigenvalue weighted by Gasteiger charge is 2.13. The lowest BCUT2D eigenvalue weighted by Crippen LogP contribution is -2.44. The summed E-state index contributed by atoms with van der Waals surface area (Å²) in [6.07, 6.45) is 1.05. The zero-order valence-electron chi connectivity index (χ0n) is 19.5. The third-order valence-electron chi connectivity index (χ3n) is 5.23. The number of benzene rings is 3. The molecule has 3 aromatic carbocycles. The van der Waals surface area contributed by atoms with E-state index in [2.05, 4.69) is 24.7 Å². The molecule has 178 valence electrons. The zero-order chi connectivity index (χ0) is 24.2. The Labute approximate surface area is 200 Å². The fraction of sp³-hybridized carbons (Fsp3) is 0.259. The molecule has 2 N–H and O–H groups in total. The van der Waals surface area contributed by atoms with Gasteiger partial charge in [0.25, 0.3) is 11.8 Å². The first-order valence-electron chi connectivity index (χ1n) is 11.3. The van der Waals surface area contributed by atoms with Gasteiger partial charge in [-0.15, -0.1) is 0 Å². The summed E-state index contributed by atoms with van der Waals surface area (Å²) in [6.45, 7) is 4.66. The van der Waals surface area contributed by atoms with E-state index >= 15 is 0 Å². The molecule has 7 heteroatoms. The molecule has 0 saturated carbocycles. The smallest absolute Gasteiger partial charge is 0.276 e. The van der Waals surface area contributed by atoms with Crippen LogP contribution in [-0.2, 0) is 4.79 Å². The molecule has 0 bridgehead atoms. The Morgan fingerprint density at radius 1 is 0.765 bits per heavy atom. The number of para-hydroxylation sites is 2. The molecule has 0 aliphatic heterocycles. The molecule has 3 rings (SSSR count). The summed E-state index contributed by atoms with van der Waals surface area (Å²) in [5.41, 5.74) is 6.27. The predicted octanol–water partition coefficient (Wildman–Crippen LogP) is 4.50. The number of nitrogens with one attached hydrogen (secondary N) is 2. The number of rotatable bonds is 11. The van der Waals surface area contributed by atoms with Crippen LogP contribution >= 0.6 is 0 Å². The molecule has 1 unspecified atom stereocenters. The molecule has 0 spiro atoms.